The van der Waals surface area contributed by atoms with Crippen molar-refractivity contribution in [1.82, 2.24) is 5.32 Å². The molecule has 7 nitrogen and oxygen atoms in total. The summed E-state index contributed by atoms with van der Waals surface area (Å²) in [5.41, 5.74) is 6.22. The fourth-order valence-electron chi connectivity index (χ4n) is 3.37. The van der Waals surface area contributed by atoms with E-state index in [9.17, 15) is 14.4 Å². The van der Waals surface area contributed by atoms with E-state index in [-0.39, 0.29) is 23.3 Å². The summed E-state index contributed by atoms with van der Waals surface area (Å²) in [5.74, 6) is -0.557. The van der Waals surface area contributed by atoms with Gasteiger partial charge in [0.05, 0.1) is 23.0 Å². The number of rotatable bonds is 5. The molecular weight excluding hydrogens is 417 g/mol. The van der Waals surface area contributed by atoms with Crippen LogP contribution in [0.4, 0.5) is 20.6 Å². The van der Waals surface area contributed by atoms with Crippen LogP contribution in [0.5, 0.6) is 0 Å². The van der Waals surface area contributed by atoms with Crippen molar-refractivity contribution in [1.29, 1.82) is 5.26 Å². The van der Waals surface area contributed by atoms with E-state index >= 15 is 0 Å². The molecule has 9 heteroatoms. The number of nitrogens with one attached hydrogen (secondary N) is 2. The lowest BCUT2D eigenvalue weighted by Crippen LogP contribution is -2.49. The predicted molar refractivity (Wildman–Crippen MR) is 125 cm³/mol. The van der Waals surface area contributed by atoms with Crippen molar-refractivity contribution in [2.45, 2.75) is 71.1 Å². The zero-order valence-electron chi connectivity index (χ0n) is 18.4. The Hall–Kier alpha value is -2.73. The molecule has 2 atom stereocenters. The fourth-order valence-corrected chi connectivity index (χ4v) is 3.72. The van der Waals surface area contributed by atoms with Crippen molar-refractivity contribution in [3.63, 3.8) is 0 Å². The maximum atomic E-state index is 14.7. The molecular formula is C22H31FN5O2S+. The zero-order valence-corrected chi connectivity index (χ0v) is 19.4. The second-order valence-electron chi connectivity index (χ2n) is 8.63. The van der Waals surface area contributed by atoms with Crippen molar-refractivity contribution in [2.24, 2.45) is 10.7 Å². The number of hydrogen-bond donors (Lipinski definition) is 3. The predicted octanol–water partition coefficient (Wildman–Crippen LogP) is 3.85. The van der Waals surface area contributed by atoms with Gasteiger partial charge in [-0.25, -0.2) is 14.2 Å². The molecule has 2 rings (SSSR count). The molecule has 0 spiro atoms. The van der Waals surface area contributed by atoms with E-state index in [1.54, 1.807) is 33.8 Å². The molecule has 1 fully saturated rings. The van der Waals surface area contributed by atoms with Crippen molar-refractivity contribution in [2.75, 3.05) is 5.32 Å². The molecule has 31 heavy (non-hydrogen) atoms. The van der Waals surface area contributed by atoms with Gasteiger partial charge in [-0.05, 0) is 52.7 Å². The number of aliphatic imine (C=N–C) groups is 1. The van der Waals surface area contributed by atoms with Crippen LogP contribution >= 0.6 is 0 Å². The summed E-state index contributed by atoms with van der Waals surface area (Å²) in [5, 5.41) is 15.9. The van der Waals surface area contributed by atoms with Crippen LogP contribution in [-0.4, -0.2) is 28.8 Å². The summed E-state index contributed by atoms with van der Waals surface area (Å²) < 4.78 is 20.1. The highest BCUT2D eigenvalue weighted by Crippen LogP contribution is 2.30. The second kappa shape index (κ2) is 10.5. The third kappa shape index (κ3) is 7.79. The first kappa shape index (κ1) is 24.5. The van der Waals surface area contributed by atoms with Crippen molar-refractivity contribution in [3.8, 4) is 6.07 Å². The summed E-state index contributed by atoms with van der Waals surface area (Å²) in [7, 11) is 0. The molecule has 1 aliphatic carbocycles. The monoisotopic (exact) mass is 448 g/mol. The molecule has 1 aromatic rings. The van der Waals surface area contributed by atoms with Gasteiger partial charge in [0.1, 0.15) is 17.5 Å². The summed E-state index contributed by atoms with van der Waals surface area (Å²) in [6.07, 6.45) is 4.53. The lowest BCUT2D eigenvalue weighted by molar-refractivity contribution is 0.0488. The highest BCUT2D eigenvalue weighted by molar-refractivity contribution is 7.78. The lowest BCUT2D eigenvalue weighted by atomic mass is 9.90. The molecule has 0 saturated heterocycles. The fraction of sp³-hybridized carbons (Fsp3) is 0.500. The molecule has 0 heterocycles. The number of alkyl carbamates (subject to hydrolysis) is 1. The number of nitrogens with two attached hydrogens (primary N) is 1. The van der Waals surface area contributed by atoms with Crippen LogP contribution < -0.4 is 16.4 Å². The standard InChI is InChI=1S/C22H30FN5O2S/c1-13(25)9-20(31)27-18-11-19(15(23)10-14(18)12-24)26-16-7-5-6-8-17(16)28-21(29)30-22(2,3)4/h9-11,16-17,26H,5-8,25H2,1-4H3,(H,27,31)(H,28,29)/p+1/t16-,17+/m1/s1. The van der Waals surface area contributed by atoms with Gasteiger partial charge in [-0.3, -0.25) is 0 Å². The number of carbonyl (C=O) groups is 1. The van der Waals surface area contributed by atoms with E-state index in [1.165, 1.54) is 6.07 Å². The molecule has 1 amide bonds. The van der Waals surface area contributed by atoms with Gasteiger partial charge in [-0.1, -0.05) is 12.8 Å². The lowest BCUT2D eigenvalue weighted by Gasteiger charge is -2.34. The maximum absolute atomic E-state index is 14.7. The zero-order chi connectivity index (χ0) is 23.2. The maximum Gasteiger partial charge on any atom is 0.407 e. The normalized spacial score (nSPS) is 20.0. The van der Waals surface area contributed by atoms with Crippen LogP contribution in [0.15, 0.2) is 28.9 Å². The molecule has 168 valence electrons. The largest absolute Gasteiger partial charge is 0.444 e. The molecule has 0 radical (unpaired) electrons. The first-order valence-electron chi connectivity index (χ1n) is 10.2. The van der Waals surface area contributed by atoms with Gasteiger partial charge < -0.3 is 21.1 Å². The van der Waals surface area contributed by atoms with Gasteiger partial charge >= 0.3 is 6.09 Å². The molecule has 1 saturated carbocycles. The number of anilines is 1. The Morgan fingerprint density at radius 2 is 2.00 bits per heavy atom. The van der Waals surface area contributed by atoms with E-state index in [0.717, 1.165) is 31.7 Å². The Bertz CT molecular complexity index is 914. The first-order chi connectivity index (χ1) is 14.5. The Morgan fingerprint density at radius 1 is 1.35 bits per heavy atom. The molecule has 4 N–H and O–H groups in total. The van der Waals surface area contributed by atoms with Gasteiger partial charge in [0.2, 0.25) is 5.04 Å². The van der Waals surface area contributed by atoms with Crippen LogP contribution in [0.25, 0.3) is 0 Å². The molecule has 0 unspecified atom stereocenters. The SMILES string of the molecule is CC(N)=CC([SH2+])=Nc1cc(N[C@@H]2CCCC[C@@H]2NC(=O)OC(C)(C)C)c(F)cc1C#N. The first-order valence-corrected chi connectivity index (χ1v) is 10.7. The minimum atomic E-state index is -0.600. The number of amides is 1. The molecule has 0 aliphatic heterocycles. The van der Waals surface area contributed by atoms with Gasteiger partial charge in [0.25, 0.3) is 0 Å². The van der Waals surface area contributed by atoms with Crippen LogP contribution in [0.1, 0.15) is 58.9 Å². The summed E-state index contributed by atoms with van der Waals surface area (Å²) in [6.45, 7) is 7.11. The van der Waals surface area contributed by atoms with Crippen LogP contribution in [0, 0.1) is 17.1 Å². The van der Waals surface area contributed by atoms with Crippen LogP contribution in [0.2, 0.25) is 0 Å². The molecule has 0 bridgehead atoms. The molecule has 1 aromatic carbocycles. The highest BCUT2D eigenvalue weighted by atomic mass is 32.1. The average Bonchev–Trinajstić information content (AvgIpc) is 2.63. The van der Waals surface area contributed by atoms with Crippen molar-refractivity contribution < 1.29 is 13.9 Å². The minimum absolute atomic E-state index is 0.106. The van der Waals surface area contributed by atoms with Gasteiger partial charge in [0.15, 0.2) is 0 Å². The second-order valence-corrected chi connectivity index (χ2v) is 9.15. The van der Waals surface area contributed by atoms with Crippen LogP contribution in [0.3, 0.4) is 0 Å². The number of halogens is 1. The topological polar surface area (TPSA) is 113 Å². The summed E-state index contributed by atoms with van der Waals surface area (Å²) in [4.78, 5) is 16.6. The third-order valence-corrected chi connectivity index (χ3v) is 4.88. The smallest absolute Gasteiger partial charge is 0.407 e. The number of allylic oxidation sites excluding steroid dienone is 1. The minimum Gasteiger partial charge on any atom is -0.444 e. The van der Waals surface area contributed by atoms with E-state index in [4.69, 9.17) is 10.5 Å². The number of nitriles is 1. The average molecular weight is 449 g/mol. The number of carbonyl (C=O) groups excluding carboxylic acids is 1. The van der Waals surface area contributed by atoms with E-state index in [0.29, 0.717) is 16.4 Å². The van der Waals surface area contributed by atoms with Gasteiger partial charge in [-0.2, -0.15) is 5.26 Å². The Balaban J connectivity index is 2.26. The Labute approximate surface area is 188 Å². The number of hydrogen-bond acceptors (Lipinski definition) is 6. The van der Waals surface area contributed by atoms with Crippen molar-refractivity contribution in [3.05, 3.63) is 35.3 Å². The van der Waals surface area contributed by atoms with Gasteiger partial charge in [-0.15, -0.1) is 0 Å². The molecule has 0 aromatic heterocycles. The Morgan fingerprint density at radius 3 is 2.58 bits per heavy atom. The third-order valence-electron chi connectivity index (χ3n) is 4.62. The number of ether oxygens (including phenoxy) is 1. The summed E-state index contributed by atoms with van der Waals surface area (Å²) in [6, 6.07) is 4.21. The van der Waals surface area contributed by atoms with Crippen molar-refractivity contribution >= 4 is 35.1 Å². The summed E-state index contributed by atoms with van der Waals surface area (Å²) >= 11 is 3.35. The van der Waals surface area contributed by atoms with Gasteiger partial charge in [0, 0.05) is 30.4 Å². The van der Waals surface area contributed by atoms with E-state index in [1.807, 2.05) is 6.07 Å². The van der Waals surface area contributed by atoms with Crippen LogP contribution in [-0.2, 0) is 17.4 Å². The Kier molecular flexibility index (Phi) is 8.34. The quantitative estimate of drug-likeness (QED) is 0.360. The van der Waals surface area contributed by atoms with E-state index < -0.39 is 17.5 Å². The number of nitrogens with zero attached hydrogens (tertiary/aromatic N) is 2. The highest BCUT2D eigenvalue weighted by Gasteiger charge is 2.29. The molecule has 1 aliphatic rings. The van der Waals surface area contributed by atoms with E-state index in [2.05, 4.69) is 28.3 Å². The number of benzene rings is 1.